The first-order chi connectivity index (χ1) is 8.21. The lowest BCUT2D eigenvalue weighted by Crippen LogP contribution is -2.42. The molecule has 0 aliphatic heterocycles. The molecule has 0 aromatic carbocycles. The maximum atomic E-state index is 11.8. The molecule has 0 heterocycles. The van der Waals surface area contributed by atoms with Crippen LogP contribution < -0.4 is 5.32 Å². The zero-order valence-corrected chi connectivity index (χ0v) is 12.2. The van der Waals surface area contributed by atoms with Gasteiger partial charge in [0.1, 0.15) is 0 Å². The van der Waals surface area contributed by atoms with E-state index >= 15 is 0 Å². The Bertz CT molecular complexity index is 290. The smallest absolute Gasteiger partial charge is 0.303 e. The SMILES string of the molecule is CSC(CO)C(C)NC(=O)CC(C)(C)CC(=O)O. The van der Waals surface area contributed by atoms with Gasteiger partial charge in [0, 0.05) is 17.7 Å². The van der Waals surface area contributed by atoms with Crippen molar-refractivity contribution in [3.8, 4) is 0 Å². The largest absolute Gasteiger partial charge is 0.481 e. The second-order valence-corrected chi connectivity index (χ2v) is 6.30. The molecule has 3 N–H and O–H groups in total. The minimum atomic E-state index is -0.904. The van der Waals surface area contributed by atoms with Crippen LogP contribution in [0.4, 0.5) is 0 Å². The van der Waals surface area contributed by atoms with Crippen molar-refractivity contribution in [2.75, 3.05) is 12.9 Å². The topological polar surface area (TPSA) is 86.6 Å². The molecule has 0 aromatic heterocycles. The van der Waals surface area contributed by atoms with Crippen LogP contribution in [0, 0.1) is 5.41 Å². The van der Waals surface area contributed by atoms with Gasteiger partial charge >= 0.3 is 5.97 Å². The summed E-state index contributed by atoms with van der Waals surface area (Å²) in [6, 6.07) is -0.141. The van der Waals surface area contributed by atoms with Crippen LogP contribution in [0.5, 0.6) is 0 Å². The fraction of sp³-hybridized carbons (Fsp3) is 0.833. The lowest BCUT2D eigenvalue weighted by Gasteiger charge is -2.25. The van der Waals surface area contributed by atoms with E-state index in [1.807, 2.05) is 13.2 Å². The van der Waals surface area contributed by atoms with Crippen molar-refractivity contribution in [2.45, 2.75) is 44.9 Å². The Morgan fingerprint density at radius 1 is 1.33 bits per heavy atom. The molecule has 0 aliphatic carbocycles. The van der Waals surface area contributed by atoms with Gasteiger partial charge in [0.25, 0.3) is 0 Å². The molecule has 5 nitrogen and oxygen atoms in total. The minimum absolute atomic E-state index is 0.00112. The number of carbonyl (C=O) groups excluding carboxylic acids is 1. The predicted molar refractivity (Wildman–Crippen MR) is 72.6 cm³/mol. The number of aliphatic carboxylic acids is 1. The van der Waals surface area contributed by atoms with Crippen LogP contribution in [0.3, 0.4) is 0 Å². The van der Waals surface area contributed by atoms with Crippen LogP contribution in [0.1, 0.15) is 33.6 Å². The van der Waals surface area contributed by atoms with Gasteiger partial charge in [-0.05, 0) is 18.6 Å². The molecule has 0 saturated heterocycles. The van der Waals surface area contributed by atoms with Crippen LogP contribution in [0.15, 0.2) is 0 Å². The van der Waals surface area contributed by atoms with Gasteiger partial charge in [0.15, 0.2) is 0 Å². The number of aliphatic hydroxyl groups excluding tert-OH is 1. The third-order valence-electron chi connectivity index (χ3n) is 2.70. The Morgan fingerprint density at radius 3 is 2.28 bits per heavy atom. The number of amides is 1. The summed E-state index contributed by atoms with van der Waals surface area (Å²) in [5, 5.41) is 20.6. The number of aliphatic hydroxyl groups is 1. The second-order valence-electron chi connectivity index (χ2n) is 5.22. The summed E-state index contributed by atoms with van der Waals surface area (Å²) in [7, 11) is 0. The van der Waals surface area contributed by atoms with E-state index < -0.39 is 11.4 Å². The van der Waals surface area contributed by atoms with E-state index in [9.17, 15) is 9.59 Å². The highest BCUT2D eigenvalue weighted by atomic mass is 32.2. The zero-order chi connectivity index (χ0) is 14.3. The molecule has 0 saturated carbocycles. The summed E-state index contributed by atoms with van der Waals surface area (Å²) in [5.41, 5.74) is -0.566. The lowest BCUT2D eigenvalue weighted by molar-refractivity contribution is -0.139. The average molecular weight is 277 g/mol. The second kappa shape index (κ2) is 7.63. The molecule has 2 atom stereocenters. The molecule has 0 spiro atoms. The Labute approximate surface area is 112 Å². The molecule has 6 heteroatoms. The Hall–Kier alpha value is -0.750. The molecule has 2 unspecified atom stereocenters. The molecule has 0 radical (unpaired) electrons. The number of carboxylic acid groups (broad SMARTS) is 1. The summed E-state index contributed by atoms with van der Waals surface area (Å²) in [6.45, 7) is 5.34. The van der Waals surface area contributed by atoms with Gasteiger partial charge in [0.2, 0.25) is 5.91 Å². The molecule has 18 heavy (non-hydrogen) atoms. The zero-order valence-electron chi connectivity index (χ0n) is 11.4. The van der Waals surface area contributed by atoms with Gasteiger partial charge in [-0.15, -0.1) is 0 Å². The van der Waals surface area contributed by atoms with Gasteiger partial charge in [-0.25, -0.2) is 0 Å². The van der Waals surface area contributed by atoms with Crippen molar-refractivity contribution >= 4 is 23.6 Å². The van der Waals surface area contributed by atoms with Crippen molar-refractivity contribution in [1.29, 1.82) is 0 Å². The van der Waals surface area contributed by atoms with Gasteiger partial charge < -0.3 is 15.5 Å². The van der Waals surface area contributed by atoms with E-state index in [0.717, 1.165) is 0 Å². The summed E-state index contributed by atoms with van der Waals surface area (Å²) in [5.74, 6) is -1.08. The molecule has 0 aliphatic rings. The van der Waals surface area contributed by atoms with Crippen LogP contribution in [-0.2, 0) is 9.59 Å². The average Bonchev–Trinajstić information content (AvgIpc) is 2.15. The van der Waals surface area contributed by atoms with Gasteiger partial charge in [-0.3, -0.25) is 9.59 Å². The molecular formula is C12H23NO4S. The maximum absolute atomic E-state index is 11.8. The molecule has 0 rings (SSSR count). The van der Waals surface area contributed by atoms with Crippen molar-refractivity contribution in [3.63, 3.8) is 0 Å². The Morgan fingerprint density at radius 2 is 1.89 bits per heavy atom. The number of thioether (sulfide) groups is 1. The fourth-order valence-corrected chi connectivity index (χ4v) is 2.37. The summed E-state index contributed by atoms with van der Waals surface area (Å²) in [6.07, 6.45) is 1.99. The highest BCUT2D eigenvalue weighted by Gasteiger charge is 2.26. The van der Waals surface area contributed by atoms with E-state index in [1.165, 1.54) is 11.8 Å². The van der Waals surface area contributed by atoms with Crippen molar-refractivity contribution in [1.82, 2.24) is 5.32 Å². The number of carbonyl (C=O) groups is 2. The van der Waals surface area contributed by atoms with Gasteiger partial charge in [-0.2, -0.15) is 11.8 Å². The number of nitrogens with one attached hydrogen (secondary N) is 1. The minimum Gasteiger partial charge on any atom is -0.481 e. The standard InChI is InChI=1S/C12H23NO4S/c1-8(9(7-14)18-4)13-10(15)5-12(2,3)6-11(16)17/h8-9,14H,5-7H2,1-4H3,(H,13,15)(H,16,17). The predicted octanol–water partition coefficient (Wildman–Crippen LogP) is 1.11. The third-order valence-corrected chi connectivity index (χ3v) is 3.86. The maximum Gasteiger partial charge on any atom is 0.303 e. The van der Waals surface area contributed by atoms with E-state index in [1.54, 1.807) is 13.8 Å². The van der Waals surface area contributed by atoms with Crippen LogP contribution >= 0.6 is 11.8 Å². The molecule has 0 fully saturated rings. The number of hydrogen-bond donors (Lipinski definition) is 3. The van der Waals surface area contributed by atoms with Crippen molar-refractivity contribution in [3.05, 3.63) is 0 Å². The first kappa shape index (κ1) is 17.2. The monoisotopic (exact) mass is 277 g/mol. The fourth-order valence-electron chi connectivity index (χ4n) is 1.74. The Balaban J connectivity index is 4.29. The third kappa shape index (κ3) is 6.86. The highest BCUT2D eigenvalue weighted by molar-refractivity contribution is 7.99. The molecule has 0 aromatic rings. The van der Waals surface area contributed by atoms with E-state index in [-0.39, 0.29) is 36.6 Å². The van der Waals surface area contributed by atoms with E-state index in [4.69, 9.17) is 10.2 Å². The number of hydrogen-bond acceptors (Lipinski definition) is 4. The quantitative estimate of drug-likeness (QED) is 0.618. The highest BCUT2D eigenvalue weighted by Crippen LogP contribution is 2.25. The summed E-state index contributed by atoms with van der Waals surface area (Å²) < 4.78 is 0. The molecule has 0 bridgehead atoms. The molecular weight excluding hydrogens is 254 g/mol. The van der Waals surface area contributed by atoms with Crippen LogP contribution in [-0.4, -0.2) is 46.2 Å². The Kier molecular flexibility index (Phi) is 7.32. The first-order valence-corrected chi connectivity index (χ1v) is 7.15. The lowest BCUT2D eigenvalue weighted by atomic mass is 9.85. The van der Waals surface area contributed by atoms with Gasteiger partial charge in [-0.1, -0.05) is 13.8 Å². The van der Waals surface area contributed by atoms with E-state index in [0.29, 0.717) is 0 Å². The van der Waals surface area contributed by atoms with Crippen molar-refractivity contribution < 1.29 is 19.8 Å². The van der Waals surface area contributed by atoms with E-state index in [2.05, 4.69) is 5.32 Å². The molecule has 1 amide bonds. The number of rotatable bonds is 8. The van der Waals surface area contributed by atoms with Gasteiger partial charge in [0.05, 0.1) is 13.0 Å². The van der Waals surface area contributed by atoms with Crippen molar-refractivity contribution in [2.24, 2.45) is 5.41 Å². The van der Waals surface area contributed by atoms with Crippen LogP contribution in [0.2, 0.25) is 0 Å². The normalized spacial score (nSPS) is 14.9. The first-order valence-electron chi connectivity index (χ1n) is 5.86. The van der Waals surface area contributed by atoms with Crippen LogP contribution in [0.25, 0.3) is 0 Å². The summed E-state index contributed by atoms with van der Waals surface area (Å²) in [4.78, 5) is 22.4. The molecule has 106 valence electrons. The number of carboxylic acids is 1. The summed E-state index contributed by atoms with van der Waals surface area (Å²) >= 11 is 1.49.